The molecule has 1 aromatic heterocycles. The molecule has 0 aliphatic rings. The summed E-state index contributed by atoms with van der Waals surface area (Å²) in [5.41, 5.74) is 3.74. The first-order valence-corrected chi connectivity index (χ1v) is 6.92. The fourth-order valence-electron chi connectivity index (χ4n) is 1.95. The number of nitrogens with one attached hydrogen (secondary N) is 2. The molecule has 2 aromatic rings. The van der Waals surface area contributed by atoms with E-state index < -0.39 is 5.91 Å². The molecule has 8 nitrogen and oxygen atoms in total. The Kier molecular flexibility index (Phi) is 5.07. The molecule has 0 spiro atoms. The first-order valence-electron chi connectivity index (χ1n) is 6.92. The molecular formula is C14H18N6O2. The van der Waals surface area contributed by atoms with Gasteiger partial charge in [0.05, 0.1) is 6.21 Å². The van der Waals surface area contributed by atoms with E-state index in [1.54, 1.807) is 12.1 Å². The first-order chi connectivity index (χ1) is 10.7. The highest BCUT2D eigenvalue weighted by molar-refractivity contribution is 5.91. The molecule has 0 fully saturated rings. The monoisotopic (exact) mass is 302 g/mol. The highest BCUT2D eigenvalue weighted by Crippen LogP contribution is 2.23. The van der Waals surface area contributed by atoms with Crippen molar-refractivity contribution in [1.29, 1.82) is 0 Å². The number of hydrogen-bond donors (Lipinski definition) is 3. The summed E-state index contributed by atoms with van der Waals surface area (Å²) in [5.74, 6) is -0.340. The summed E-state index contributed by atoms with van der Waals surface area (Å²) in [6.07, 6.45) is 2.60. The number of amides is 1. The number of rotatable bonds is 6. The lowest BCUT2D eigenvalue weighted by atomic mass is 10.2. The number of aromatic nitrogens is 3. The van der Waals surface area contributed by atoms with Crippen LogP contribution < -0.4 is 10.3 Å². The van der Waals surface area contributed by atoms with Crippen molar-refractivity contribution in [3.63, 3.8) is 0 Å². The van der Waals surface area contributed by atoms with Gasteiger partial charge in [0.15, 0.2) is 0 Å². The summed E-state index contributed by atoms with van der Waals surface area (Å²) in [6.45, 7) is 5.82. The number of nitrogens with zero attached hydrogens (tertiary/aromatic N) is 4. The average molecular weight is 302 g/mol. The van der Waals surface area contributed by atoms with Crippen LogP contribution in [-0.4, -0.2) is 45.5 Å². The Morgan fingerprint density at radius 2 is 2.23 bits per heavy atom. The third kappa shape index (κ3) is 3.60. The van der Waals surface area contributed by atoms with E-state index in [-0.39, 0.29) is 11.6 Å². The van der Waals surface area contributed by atoms with Crippen LogP contribution in [0.3, 0.4) is 0 Å². The van der Waals surface area contributed by atoms with Crippen molar-refractivity contribution in [1.82, 2.24) is 20.6 Å². The minimum Gasteiger partial charge on any atom is -0.507 e. The fraction of sp³-hybridized carbons (Fsp3) is 0.286. The van der Waals surface area contributed by atoms with E-state index in [4.69, 9.17) is 0 Å². The summed E-state index contributed by atoms with van der Waals surface area (Å²) in [6, 6.07) is 5.31. The predicted molar refractivity (Wildman–Crippen MR) is 83.1 cm³/mol. The second kappa shape index (κ2) is 7.21. The quantitative estimate of drug-likeness (QED) is 0.547. The molecule has 0 saturated heterocycles. The van der Waals surface area contributed by atoms with Gasteiger partial charge in [0.25, 0.3) is 0 Å². The normalized spacial score (nSPS) is 10.8. The third-order valence-electron chi connectivity index (χ3n) is 3.14. The maximum absolute atomic E-state index is 11.6. The molecule has 1 aromatic carbocycles. The number of carbonyl (C=O) groups is 1. The van der Waals surface area contributed by atoms with Gasteiger partial charge in [-0.3, -0.25) is 9.89 Å². The van der Waals surface area contributed by atoms with Gasteiger partial charge in [0, 0.05) is 30.4 Å². The Hall–Kier alpha value is -2.90. The molecule has 116 valence electrons. The summed E-state index contributed by atoms with van der Waals surface area (Å²) in [7, 11) is 0. The summed E-state index contributed by atoms with van der Waals surface area (Å²) in [4.78, 5) is 17.4. The second-order valence-corrected chi connectivity index (χ2v) is 4.45. The van der Waals surface area contributed by atoms with Gasteiger partial charge in [-0.2, -0.15) is 10.2 Å². The van der Waals surface area contributed by atoms with Crippen molar-refractivity contribution in [3.8, 4) is 5.75 Å². The lowest BCUT2D eigenvalue weighted by Crippen LogP contribution is -2.21. The largest absolute Gasteiger partial charge is 0.507 e. The number of anilines is 1. The zero-order chi connectivity index (χ0) is 15.9. The van der Waals surface area contributed by atoms with Crippen LogP contribution >= 0.6 is 0 Å². The van der Waals surface area contributed by atoms with Crippen molar-refractivity contribution in [3.05, 3.63) is 35.9 Å². The number of hydrazone groups is 1. The smallest absolute Gasteiger partial charge is 0.308 e. The predicted octanol–water partition coefficient (Wildman–Crippen LogP) is 1.12. The van der Waals surface area contributed by atoms with Crippen LogP contribution in [0.1, 0.15) is 30.0 Å². The minimum atomic E-state index is -0.506. The van der Waals surface area contributed by atoms with E-state index in [2.05, 4.69) is 44.5 Å². The van der Waals surface area contributed by atoms with Crippen LogP contribution in [0.15, 0.2) is 29.6 Å². The van der Waals surface area contributed by atoms with E-state index in [9.17, 15) is 9.90 Å². The summed E-state index contributed by atoms with van der Waals surface area (Å²) < 4.78 is 0. The standard InChI is InChI=1S/C14H18N6O2/c1-3-20(4-2)11-6-5-10(12(21)7-11)8-16-19-14(22)13-15-9-17-18-13/h5-9,21H,3-4H2,1-2H3,(H,19,22)(H,15,17,18)/b16-8+. The molecule has 0 bridgehead atoms. The molecule has 0 aliphatic carbocycles. The number of hydrogen-bond acceptors (Lipinski definition) is 6. The van der Waals surface area contributed by atoms with Gasteiger partial charge >= 0.3 is 5.91 Å². The van der Waals surface area contributed by atoms with Gasteiger partial charge in [-0.15, -0.1) is 0 Å². The van der Waals surface area contributed by atoms with Crippen LogP contribution in [0, 0.1) is 0 Å². The van der Waals surface area contributed by atoms with E-state index in [1.807, 2.05) is 6.07 Å². The van der Waals surface area contributed by atoms with E-state index in [0.29, 0.717) is 5.56 Å². The van der Waals surface area contributed by atoms with Crippen LogP contribution in [0.4, 0.5) is 5.69 Å². The lowest BCUT2D eigenvalue weighted by molar-refractivity contribution is 0.0945. The van der Waals surface area contributed by atoms with Gasteiger partial charge in [-0.25, -0.2) is 10.4 Å². The van der Waals surface area contributed by atoms with Crippen LogP contribution in [0.2, 0.25) is 0 Å². The minimum absolute atomic E-state index is 0.0678. The Morgan fingerprint density at radius 3 is 2.82 bits per heavy atom. The zero-order valence-corrected chi connectivity index (χ0v) is 12.4. The fourth-order valence-corrected chi connectivity index (χ4v) is 1.95. The zero-order valence-electron chi connectivity index (χ0n) is 12.4. The number of phenols is 1. The number of carbonyl (C=O) groups excluding carboxylic acids is 1. The van der Waals surface area contributed by atoms with Gasteiger partial charge in [0.1, 0.15) is 12.1 Å². The second-order valence-electron chi connectivity index (χ2n) is 4.45. The van der Waals surface area contributed by atoms with E-state index >= 15 is 0 Å². The average Bonchev–Trinajstić information content (AvgIpc) is 3.05. The molecule has 0 aliphatic heterocycles. The van der Waals surface area contributed by atoms with Gasteiger partial charge in [-0.05, 0) is 26.0 Å². The Morgan fingerprint density at radius 1 is 1.45 bits per heavy atom. The molecular weight excluding hydrogens is 284 g/mol. The molecule has 1 amide bonds. The topological polar surface area (TPSA) is 107 Å². The molecule has 1 heterocycles. The van der Waals surface area contributed by atoms with Gasteiger partial charge in [-0.1, -0.05) is 0 Å². The van der Waals surface area contributed by atoms with Gasteiger partial charge in [0.2, 0.25) is 5.82 Å². The van der Waals surface area contributed by atoms with Crippen LogP contribution in [-0.2, 0) is 0 Å². The molecule has 2 rings (SSSR count). The number of benzene rings is 1. The maximum atomic E-state index is 11.6. The van der Waals surface area contributed by atoms with Gasteiger partial charge < -0.3 is 10.0 Å². The summed E-state index contributed by atoms with van der Waals surface area (Å²) in [5, 5.41) is 19.8. The SMILES string of the molecule is CCN(CC)c1ccc(/C=N/NC(=O)c2ncn[nH]2)c(O)c1. The molecule has 0 radical (unpaired) electrons. The first kappa shape index (κ1) is 15.5. The molecule has 0 unspecified atom stereocenters. The van der Waals surface area contributed by atoms with Crippen LogP contribution in [0.5, 0.6) is 5.75 Å². The Bertz CT molecular complexity index is 649. The summed E-state index contributed by atoms with van der Waals surface area (Å²) >= 11 is 0. The third-order valence-corrected chi connectivity index (χ3v) is 3.14. The molecule has 8 heteroatoms. The molecule has 22 heavy (non-hydrogen) atoms. The van der Waals surface area contributed by atoms with Crippen molar-refractivity contribution in [2.45, 2.75) is 13.8 Å². The van der Waals surface area contributed by atoms with E-state index in [0.717, 1.165) is 18.8 Å². The molecule has 3 N–H and O–H groups in total. The lowest BCUT2D eigenvalue weighted by Gasteiger charge is -2.21. The maximum Gasteiger partial charge on any atom is 0.308 e. The van der Waals surface area contributed by atoms with Crippen molar-refractivity contribution in [2.24, 2.45) is 5.10 Å². The highest BCUT2D eigenvalue weighted by atomic mass is 16.3. The molecule has 0 atom stereocenters. The van der Waals surface area contributed by atoms with Crippen LogP contribution in [0.25, 0.3) is 0 Å². The number of phenolic OH excluding ortho intramolecular Hbond substituents is 1. The Labute approximate surface area is 127 Å². The number of aromatic amines is 1. The number of aromatic hydroxyl groups is 1. The van der Waals surface area contributed by atoms with Crippen molar-refractivity contribution in [2.75, 3.05) is 18.0 Å². The molecule has 0 saturated carbocycles. The number of H-pyrrole nitrogens is 1. The highest BCUT2D eigenvalue weighted by Gasteiger charge is 2.07. The van der Waals surface area contributed by atoms with Crippen molar-refractivity contribution < 1.29 is 9.90 Å². The Balaban J connectivity index is 2.04. The van der Waals surface area contributed by atoms with E-state index in [1.165, 1.54) is 12.5 Å². The van der Waals surface area contributed by atoms with Crippen molar-refractivity contribution >= 4 is 17.8 Å².